The van der Waals surface area contributed by atoms with Crippen LogP contribution in [0.15, 0.2) is 48.7 Å². The molecule has 1 amide bonds. The Labute approximate surface area is 170 Å². The number of hydrazine groups is 1. The van der Waals surface area contributed by atoms with E-state index in [9.17, 15) is 4.79 Å². The van der Waals surface area contributed by atoms with Gasteiger partial charge in [0, 0.05) is 17.3 Å². The van der Waals surface area contributed by atoms with E-state index < -0.39 is 0 Å². The first kappa shape index (κ1) is 17.6. The zero-order valence-electron chi connectivity index (χ0n) is 10.8. The van der Waals surface area contributed by atoms with Crippen molar-refractivity contribution in [3.63, 3.8) is 0 Å². The van der Waals surface area contributed by atoms with E-state index in [1.54, 1.807) is 18.3 Å². The smallest absolute Gasteiger partial charge is 0.410 e. The van der Waals surface area contributed by atoms with Gasteiger partial charge in [-0.15, -0.1) is 0 Å². The maximum Gasteiger partial charge on any atom is 1.00 e. The molecule has 20 heavy (non-hydrogen) atoms. The molecule has 0 atom stereocenters. The van der Waals surface area contributed by atoms with Gasteiger partial charge in [0.1, 0.15) is 0 Å². The molecule has 1 aromatic carbocycles. The number of nitrogens with zero attached hydrogens (tertiary/aromatic N) is 1. The molecule has 0 aliphatic rings. The molecule has 0 radical (unpaired) electrons. The van der Waals surface area contributed by atoms with Gasteiger partial charge in [0.2, 0.25) is 0 Å². The van der Waals surface area contributed by atoms with Crippen LogP contribution in [0.5, 0.6) is 0 Å². The molecule has 96 valence electrons. The first-order valence-corrected chi connectivity index (χ1v) is 6.27. The molecule has 0 bridgehead atoms. The molecule has 0 aliphatic carbocycles. The summed E-state index contributed by atoms with van der Waals surface area (Å²) in [5.41, 5.74) is 7.00. The summed E-state index contributed by atoms with van der Waals surface area (Å²) in [6.07, 6.45) is 1.59. The molecule has 2 N–H and O–H groups in total. The normalized spacial score (nSPS) is 9.20. The summed E-state index contributed by atoms with van der Waals surface area (Å²) in [5, 5.41) is 0. The second kappa shape index (κ2) is 8.78. The van der Waals surface area contributed by atoms with Crippen LogP contribution in [0, 0.1) is 0 Å². The number of benzene rings is 1. The topological polar surface area (TPSA) is 54.0 Å². The summed E-state index contributed by atoms with van der Waals surface area (Å²) in [6, 6.07) is 13.0. The zero-order chi connectivity index (χ0) is 13.7. The van der Waals surface area contributed by atoms with Crippen LogP contribution in [0.25, 0.3) is 11.3 Å². The van der Waals surface area contributed by atoms with E-state index in [0.717, 1.165) is 11.3 Å². The Hall–Kier alpha value is -0.414. The minimum absolute atomic E-state index is 0. The van der Waals surface area contributed by atoms with Crippen molar-refractivity contribution in [1.29, 1.82) is 0 Å². The first-order valence-electron chi connectivity index (χ1n) is 5.45. The summed E-state index contributed by atoms with van der Waals surface area (Å²) in [5.74, 6) is -0.313. The Balaban J connectivity index is 0.00000200. The molecule has 0 unspecified atom stereocenters. The molecular weight excluding hydrogens is 317 g/mol. The fourth-order valence-corrected chi connectivity index (χ4v) is 1.62. The van der Waals surface area contributed by atoms with Crippen LogP contribution in [-0.2, 0) is 12.6 Å². The van der Waals surface area contributed by atoms with Gasteiger partial charge in [0.05, 0.1) is 5.69 Å². The van der Waals surface area contributed by atoms with Crippen LogP contribution in [-0.4, -0.2) is 15.2 Å². The SMILES string of the molecule is O=C(NNC(=S)[S-])c1ccnc(-c2ccccc2)c1.[K+]. The van der Waals surface area contributed by atoms with E-state index in [4.69, 9.17) is 0 Å². The molecule has 1 aromatic heterocycles. The number of carbonyl (C=O) groups is 1. The molecule has 0 fully saturated rings. The van der Waals surface area contributed by atoms with Crippen molar-refractivity contribution in [3.05, 3.63) is 54.2 Å². The molecular formula is C13H10KN3OS2. The summed E-state index contributed by atoms with van der Waals surface area (Å²) >= 11 is 9.29. The van der Waals surface area contributed by atoms with Gasteiger partial charge in [-0.2, -0.15) is 0 Å². The van der Waals surface area contributed by atoms with Crippen LogP contribution in [0.2, 0.25) is 0 Å². The van der Waals surface area contributed by atoms with Gasteiger partial charge in [0.15, 0.2) is 0 Å². The van der Waals surface area contributed by atoms with E-state index in [1.807, 2.05) is 30.3 Å². The van der Waals surface area contributed by atoms with Crippen molar-refractivity contribution in [3.8, 4) is 11.3 Å². The Morgan fingerprint density at radius 2 is 1.85 bits per heavy atom. The molecule has 0 spiro atoms. The van der Waals surface area contributed by atoms with E-state index in [0.29, 0.717) is 5.56 Å². The van der Waals surface area contributed by atoms with Crippen molar-refractivity contribution in [2.45, 2.75) is 0 Å². The molecule has 2 rings (SSSR count). The molecule has 1 heterocycles. The van der Waals surface area contributed by atoms with Crippen LogP contribution in [0.3, 0.4) is 0 Å². The van der Waals surface area contributed by atoms with E-state index in [2.05, 4.69) is 40.7 Å². The van der Waals surface area contributed by atoms with Gasteiger partial charge < -0.3 is 30.3 Å². The molecule has 2 aromatic rings. The fraction of sp³-hybridized carbons (Fsp3) is 0. The third-order valence-corrected chi connectivity index (χ3v) is 2.57. The predicted octanol–water partition coefficient (Wildman–Crippen LogP) is -1.18. The maximum absolute atomic E-state index is 11.8. The van der Waals surface area contributed by atoms with Crippen LogP contribution < -0.4 is 62.2 Å². The second-order valence-corrected chi connectivity index (χ2v) is 4.74. The van der Waals surface area contributed by atoms with Gasteiger partial charge in [-0.1, -0.05) is 30.3 Å². The third kappa shape index (κ3) is 5.17. The molecule has 0 saturated heterocycles. The van der Waals surface area contributed by atoms with E-state index >= 15 is 0 Å². The van der Waals surface area contributed by atoms with Crippen LogP contribution in [0.1, 0.15) is 10.4 Å². The van der Waals surface area contributed by atoms with Gasteiger partial charge in [0.25, 0.3) is 5.91 Å². The van der Waals surface area contributed by atoms with Gasteiger partial charge in [-0.25, -0.2) is 0 Å². The Bertz CT molecular complexity index is 608. The summed E-state index contributed by atoms with van der Waals surface area (Å²) < 4.78 is 0.0886. The third-order valence-electron chi connectivity index (χ3n) is 2.37. The van der Waals surface area contributed by atoms with Gasteiger partial charge in [-0.05, 0) is 16.5 Å². The van der Waals surface area contributed by atoms with Crippen molar-refractivity contribution < 1.29 is 56.2 Å². The Kier molecular flexibility index (Phi) is 7.74. The molecule has 7 heteroatoms. The number of amides is 1. The van der Waals surface area contributed by atoms with Crippen LogP contribution >= 0.6 is 12.2 Å². The number of aromatic nitrogens is 1. The number of hydrogen-bond donors (Lipinski definition) is 2. The summed E-state index contributed by atoms with van der Waals surface area (Å²) in [7, 11) is 0. The predicted molar refractivity (Wildman–Crippen MR) is 80.2 cm³/mol. The average molecular weight is 327 g/mol. The van der Waals surface area contributed by atoms with E-state index in [-0.39, 0.29) is 61.6 Å². The molecule has 4 nitrogen and oxygen atoms in total. The Morgan fingerprint density at radius 1 is 1.15 bits per heavy atom. The number of nitrogens with one attached hydrogen (secondary N) is 2. The van der Waals surface area contributed by atoms with E-state index in [1.165, 1.54) is 0 Å². The number of hydrogen-bond acceptors (Lipinski definition) is 4. The molecule has 0 saturated carbocycles. The van der Waals surface area contributed by atoms with Crippen molar-refractivity contribution in [2.75, 3.05) is 0 Å². The summed E-state index contributed by atoms with van der Waals surface area (Å²) in [4.78, 5) is 16.1. The monoisotopic (exact) mass is 327 g/mol. The van der Waals surface area contributed by atoms with Gasteiger partial charge in [-0.3, -0.25) is 15.2 Å². The number of thiocarbonyl (C=S) groups is 1. The minimum Gasteiger partial charge on any atom is -0.410 e. The zero-order valence-corrected chi connectivity index (χ0v) is 15.5. The minimum atomic E-state index is -0.313. The number of pyridine rings is 1. The summed E-state index contributed by atoms with van der Waals surface area (Å²) in [6.45, 7) is 0. The average Bonchev–Trinajstić information content (AvgIpc) is 2.46. The Morgan fingerprint density at radius 3 is 2.50 bits per heavy atom. The van der Waals surface area contributed by atoms with Crippen LogP contribution in [0.4, 0.5) is 0 Å². The van der Waals surface area contributed by atoms with Crippen molar-refractivity contribution in [2.24, 2.45) is 0 Å². The maximum atomic E-state index is 11.8. The quantitative estimate of drug-likeness (QED) is 0.315. The largest absolute Gasteiger partial charge is 1.00 e. The van der Waals surface area contributed by atoms with Crippen molar-refractivity contribution >= 4 is 35.1 Å². The molecule has 0 aliphatic heterocycles. The fourth-order valence-electron chi connectivity index (χ4n) is 1.52. The first-order chi connectivity index (χ1) is 9.16. The number of rotatable bonds is 2. The second-order valence-electron chi connectivity index (χ2n) is 3.66. The standard InChI is InChI=1S/C13H11N3OS2.K/c17-12(15-16-13(18)19)10-6-7-14-11(8-10)9-4-2-1-3-5-9;/h1-8H,(H,15,17)(H2,16,18,19);/q;+1/p-1. The van der Waals surface area contributed by atoms with Crippen molar-refractivity contribution in [1.82, 2.24) is 15.8 Å². The van der Waals surface area contributed by atoms with Gasteiger partial charge >= 0.3 is 51.4 Å². The number of carbonyl (C=O) groups excluding carboxylic acids is 1.